The third kappa shape index (κ3) is 3.75. The Balaban J connectivity index is 1.76. The van der Waals surface area contributed by atoms with E-state index in [1.807, 2.05) is 0 Å². The second-order valence-electron chi connectivity index (χ2n) is 6.25. The minimum atomic E-state index is -0.761. The average molecular weight is 385 g/mol. The zero-order valence-electron chi connectivity index (χ0n) is 13.3. The molecule has 0 spiro atoms. The van der Waals surface area contributed by atoms with E-state index in [2.05, 4.69) is 4.98 Å². The Labute approximate surface area is 155 Å². The van der Waals surface area contributed by atoms with Crippen LogP contribution in [0.5, 0.6) is 0 Å². The number of thiazole rings is 1. The van der Waals surface area contributed by atoms with E-state index in [0.717, 1.165) is 31.2 Å². The molecule has 1 saturated carbocycles. The molecule has 1 N–H and O–H groups in total. The quantitative estimate of drug-likeness (QED) is 0.844. The summed E-state index contributed by atoms with van der Waals surface area (Å²) in [5.74, 6) is -0.192. The highest BCUT2D eigenvalue weighted by molar-refractivity contribution is 7.13. The highest BCUT2D eigenvalue weighted by atomic mass is 35.5. The second kappa shape index (κ2) is 7.00. The summed E-state index contributed by atoms with van der Waals surface area (Å²) in [6, 6.07) is 5.19. The lowest BCUT2D eigenvalue weighted by atomic mass is 10.0. The van der Waals surface area contributed by atoms with Crippen LogP contribution in [-0.4, -0.2) is 40.1 Å². The minimum absolute atomic E-state index is 0.192. The first-order valence-corrected chi connectivity index (χ1v) is 9.40. The van der Waals surface area contributed by atoms with E-state index in [-0.39, 0.29) is 5.91 Å². The lowest BCUT2D eigenvalue weighted by Gasteiger charge is -2.28. The Morgan fingerprint density at radius 1 is 1.38 bits per heavy atom. The summed E-state index contributed by atoms with van der Waals surface area (Å²) in [4.78, 5) is 18.5. The van der Waals surface area contributed by atoms with Gasteiger partial charge >= 0.3 is 0 Å². The molecular formula is C17H18Cl2N2O2S. The minimum Gasteiger partial charge on any atom is -0.388 e. The summed E-state index contributed by atoms with van der Waals surface area (Å²) in [5.41, 5.74) is 0.357. The van der Waals surface area contributed by atoms with Crippen molar-refractivity contribution in [2.24, 2.45) is 0 Å². The molecule has 2 aromatic rings. The van der Waals surface area contributed by atoms with Gasteiger partial charge < -0.3 is 10.0 Å². The van der Waals surface area contributed by atoms with E-state index in [1.54, 1.807) is 35.5 Å². The molecule has 0 atom stereocenters. The fourth-order valence-electron chi connectivity index (χ4n) is 3.06. The van der Waals surface area contributed by atoms with Gasteiger partial charge in [-0.05, 0) is 31.0 Å². The molecule has 0 aliphatic heterocycles. The molecule has 1 aromatic heterocycles. The van der Waals surface area contributed by atoms with Crippen molar-refractivity contribution in [3.05, 3.63) is 39.3 Å². The average Bonchev–Trinajstić information content (AvgIpc) is 3.16. The molecule has 1 aliphatic rings. The Kier molecular flexibility index (Phi) is 5.16. The van der Waals surface area contributed by atoms with Crippen molar-refractivity contribution in [1.29, 1.82) is 0 Å². The molecule has 24 heavy (non-hydrogen) atoms. The van der Waals surface area contributed by atoms with Crippen LogP contribution in [0.25, 0.3) is 10.6 Å². The number of rotatable bonds is 4. The third-order valence-electron chi connectivity index (χ3n) is 4.30. The van der Waals surface area contributed by atoms with Crippen molar-refractivity contribution in [3.8, 4) is 10.6 Å². The van der Waals surface area contributed by atoms with Crippen LogP contribution in [0, 0.1) is 0 Å². The van der Waals surface area contributed by atoms with Gasteiger partial charge in [-0.25, -0.2) is 4.98 Å². The van der Waals surface area contributed by atoms with Crippen LogP contribution in [0.3, 0.4) is 0 Å². The summed E-state index contributed by atoms with van der Waals surface area (Å²) in [5, 5.41) is 13.9. The molecule has 1 aliphatic carbocycles. The third-order valence-corrected chi connectivity index (χ3v) is 5.72. The first-order valence-electron chi connectivity index (χ1n) is 7.77. The number of benzene rings is 1. The van der Waals surface area contributed by atoms with Crippen LogP contribution in [0.2, 0.25) is 10.0 Å². The zero-order valence-corrected chi connectivity index (χ0v) is 15.6. The predicted octanol–water partition coefficient (Wildman–Crippen LogP) is 4.49. The molecule has 1 aromatic carbocycles. The largest absolute Gasteiger partial charge is 0.388 e. The lowest BCUT2D eigenvalue weighted by Crippen LogP contribution is -2.42. The SMILES string of the molecule is CN(CC1(O)CCCC1)C(=O)c1csc(-c2ccc(Cl)cc2Cl)n1. The molecule has 0 radical (unpaired) electrons. The molecule has 0 saturated heterocycles. The Hall–Kier alpha value is -1.14. The van der Waals surface area contributed by atoms with Gasteiger partial charge in [0.15, 0.2) is 0 Å². The fraction of sp³-hybridized carbons (Fsp3) is 0.412. The summed E-state index contributed by atoms with van der Waals surface area (Å²) in [6.07, 6.45) is 3.50. The number of halogens is 2. The number of aromatic nitrogens is 1. The van der Waals surface area contributed by atoms with E-state index in [0.29, 0.717) is 27.3 Å². The molecule has 1 fully saturated rings. The van der Waals surface area contributed by atoms with Gasteiger partial charge in [0.05, 0.1) is 10.6 Å². The van der Waals surface area contributed by atoms with Crippen LogP contribution in [0.4, 0.5) is 0 Å². The number of carbonyl (C=O) groups excluding carboxylic acids is 1. The van der Waals surface area contributed by atoms with Gasteiger partial charge in [-0.2, -0.15) is 0 Å². The number of nitrogens with zero attached hydrogens (tertiary/aromatic N) is 2. The summed E-state index contributed by atoms with van der Waals surface area (Å²) in [7, 11) is 1.70. The maximum Gasteiger partial charge on any atom is 0.273 e. The highest BCUT2D eigenvalue weighted by Crippen LogP contribution is 2.33. The number of carbonyl (C=O) groups is 1. The number of aliphatic hydroxyl groups is 1. The van der Waals surface area contributed by atoms with E-state index < -0.39 is 5.60 Å². The number of hydrogen-bond acceptors (Lipinski definition) is 4. The van der Waals surface area contributed by atoms with Gasteiger partial charge in [-0.1, -0.05) is 36.0 Å². The molecule has 128 valence electrons. The standard InChI is InChI=1S/C17H18Cl2N2O2S/c1-21(10-17(23)6-2-3-7-17)16(22)14-9-24-15(20-14)12-5-4-11(18)8-13(12)19/h4-5,8-9,23H,2-3,6-7,10H2,1H3. The number of amides is 1. The monoisotopic (exact) mass is 384 g/mol. The van der Waals surface area contributed by atoms with Gasteiger partial charge in [0.25, 0.3) is 5.91 Å². The van der Waals surface area contributed by atoms with Crippen LogP contribution in [0.1, 0.15) is 36.2 Å². The normalized spacial score (nSPS) is 16.3. The Morgan fingerprint density at radius 2 is 2.08 bits per heavy atom. The fourth-order valence-corrected chi connectivity index (χ4v) is 4.45. The van der Waals surface area contributed by atoms with Gasteiger partial charge in [-0.15, -0.1) is 11.3 Å². The number of hydrogen-bond donors (Lipinski definition) is 1. The van der Waals surface area contributed by atoms with E-state index in [9.17, 15) is 9.90 Å². The van der Waals surface area contributed by atoms with Crippen molar-refractivity contribution < 1.29 is 9.90 Å². The Morgan fingerprint density at radius 3 is 2.75 bits per heavy atom. The van der Waals surface area contributed by atoms with Crippen LogP contribution in [-0.2, 0) is 0 Å². The van der Waals surface area contributed by atoms with E-state index >= 15 is 0 Å². The first kappa shape index (κ1) is 17.7. The highest BCUT2D eigenvalue weighted by Gasteiger charge is 2.34. The topological polar surface area (TPSA) is 53.4 Å². The van der Waals surface area contributed by atoms with Crippen molar-refractivity contribution in [1.82, 2.24) is 9.88 Å². The van der Waals surface area contributed by atoms with Crippen LogP contribution < -0.4 is 0 Å². The summed E-state index contributed by atoms with van der Waals surface area (Å²) >= 11 is 13.5. The zero-order chi connectivity index (χ0) is 17.3. The molecular weight excluding hydrogens is 367 g/mol. The Bertz CT molecular complexity index is 757. The van der Waals surface area contributed by atoms with Crippen molar-refractivity contribution >= 4 is 40.4 Å². The molecule has 4 nitrogen and oxygen atoms in total. The van der Waals surface area contributed by atoms with Gasteiger partial charge in [-0.3, -0.25) is 4.79 Å². The summed E-state index contributed by atoms with van der Waals surface area (Å²) in [6.45, 7) is 0.334. The van der Waals surface area contributed by atoms with Crippen molar-refractivity contribution in [2.45, 2.75) is 31.3 Å². The maximum atomic E-state index is 12.6. The smallest absolute Gasteiger partial charge is 0.273 e. The lowest BCUT2D eigenvalue weighted by molar-refractivity contribution is 0.0155. The van der Waals surface area contributed by atoms with E-state index in [4.69, 9.17) is 23.2 Å². The van der Waals surface area contributed by atoms with Crippen molar-refractivity contribution in [2.75, 3.05) is 13.6 Å². The molecule has 7 heteroatoms. The molecule has 1 heterocycles. The van der Waals surface area contributed by atoms with Crippen molar-refractivity contribution in [3.63, 3.8) is 0 Å². The second-order valence-corrected chi connectivity index (χ2v) is 7.96. The van der Waals surface area contributed by atoms with Gasteiger partial charge in [0.1, 0.15) is 10.7 Å². The molecule has 1 amide bonds. The van der Waals surface area contributed by atoms with Gasteiger partial charge in [0, 0.05) is 29.6 Å². The predicted molar refractivity (Wildman–Crippen MR) is 97.9 cm³/mol. The molecule has 3 rings (SSSR count). The summed E-state index contributed by atoms with van der Waals surface area (Å²) < 4.78 is 0. The van der Waals surface area contributed by atoms with E-state index in [1.165, 1.54) is 11.3 Å². The van der Waals surface area contributed by atoms with Crippen LogP contribution in [0.15, 0.2) is 23.6 Å². The first-order chi connectivity index (χ1) is 11.4. The maximum absolute atomic E-state index is 12.6. The van der Waals surface area contributed by atoms with Crippen LogP contribution >= 0.6 is 34.5 Å². The number of likely N-dealkylation sites (N-methyl/N-ethyl adjacent to an activating group) is 1. The van der Waals surface area contributed by atoms with Gasteiger partial charge in [0.2, 0.25) is 0 Å². The molecule has 0 unspecified atom stereocenters. The molecule has 0 bridgehead atoms.